The molecule has 6 rings (SSSR count). The third kappa shape index (κ3) is 3.42. The molecule has 0 spiro atoms. The van der Waals surface area contributed by atoms with E-state index < -0.39 is 0 Å². The number of ether oxygens (including phenoxy) is 3. The van der Waals surface area contributed by atoms with Crippen molar-refractivity contribution in [3.8, 4) is 17.2 Å². The maximum absolute atomic E-state index is 13.7. The van der Waals surface area contributed by atoms with E-state index in [0.29, 0.717) is 0 Å². The molecule has 1 fully saturated rings. The van der Waals surface area contributed by atoms with E-state index in [1.54, 1.807) is 7.11 Å². The van der Waals surface area contributed by atoms with Crippen LogP contribution in [0.3, 0.4) is 0 Å². The Kier molecular flexibility index (Phi) is 5.20. The lowest BCUT2D eigenvalue weighted by Crippen LogP contribution is -2.36. The lowest BCUT2D eigenvalue weighted by molar-refractivity contribution is 0.0722. The lowest BCUT2D eigenvalue weighted by atomic mass is 9.90. The molecule has 0 saturated carbocycles. The number of aryl methyl sites for hydroxylation is 1. The fraction of sp³-hybridized carbons (Fsp3) is 0.345. The van der Waals surface area contributed by atoms with Crippen LogP contribution in [0.4, 0.5) is 0 Å². The van der Waals surface area contributed by atoms with Gasteiger partial charge in [0.25, 0.3) is 5.91 Å². The van der Waals surface area contributed by atoms with Gasteiger partial charge in [0.2, 0.25) is 0 Å². The summed E-state index contributed by atoms with van der Waals surface area (Å²) >= 11 is 0. The van der Waals surface area contributed by atoms with E-state index in [2.05, 4.69) is 24.3 Å². The molecule has 3 heterocycles. The summed E-state index contributed by atoms with van der Waals surface area (Å²) in [5, 5.41) is 2.00. The van der Waals surface area contributed by atoms with Gasteiger partial charge in [0.15, 0.2) is 0 Å². The first-order valence-corrected chi connectivity index (χ1v) is 12.2. The number of carbonyl (C=O) groups excluding carboxylic acids is 1. The second kappa shape index (κ2) is 8.39. The third-order valence-corrected chi connectivity index (χ3v) is 7.35. The third-order valence-electron chi connectivity index (χ3n) is 7.35. The number of rotatable bonds is 3. The molecule has 0 aliphatic carbocycles. The Hall–Kier alpha value is -3.47. The van der Waals surface area contributed by atoms with Gasteiger partial charge >= 0.3 is 0 Å². The minimum absolute atomic E-state index is 0.104. The fourth-order valence-corrected chi connectivity index (χ4v) is 5.49. The maximum Gasteiger partial charge on any atom is 0.254 e. The van der Waals surface area contributed by atoms with Crippen molar-refractivity contribution in [1.82, 2.24) is 4.90 Å². The summed E-state index contributed by atoms with van der Waals surface area (Å²) in [5.74, 6) is 2.59. The topological polar surface area (TPSA) is 48.0 Å². The van der Waals surface area contributed by atoms with Crippen molar-refractivity contribution in [1.29, 1.82) is 0 Å². The molecule has 5 heteroatoms. The number of hydrogen-bond acceptors (Lipinski definition) is 4. The van der Waals surface area contributed by atoms with Crippen LogP contribution in [-0.4, -0.2) is 37.6 Å². The predicted octanol–water partition coefficient (Wildman–Crippen LogP) is 5.86. The predicted molar refractivity (Wildman–Crippen MR) is 133 cm³/mol. The van der Waals surface area contributed by atoms with Crippen LogP contribution in [-0.2, 0) is 6.42 Å². The summed E-state index contributed by atoms with van der Waals surface area (Å²) in [6.45, 7) is 4.41. The highest BCUT2D eigenvalue weighted by Gasteiger charge is 2.30. The number of methoxy groups -OCH3 is 1. The summed E-state index contributed by atoms with van der Waals surface area (Å²) in [6, 6.07) is 12.3. The maximum atomic E-state index is 13.7. The Morgan fingerprint density at radius 2 is 1.91 bits per heavy atom. The van der Waals surface area contributed by atoms with E-state index in [1.165, 1.54) is 12.0 Å². The van der Waals surface area contributed by atoms with E-state index in [0.717, 1.165) is 89.2 Å². The van der Waals surface area contributed by atoms with Gasteiger partial charge in [0.05, 0.1) is 19.3 Å². The normalized spacial score (nSPS) is 18.8. The molecule has 1 saturated heterocycles. The van der Waals surface area contributed by atoms with Crippen LogP contribution in [0.25, 0.3) is 16.8 Å². The van der Waals surface area contributed by atoms with Crippen LogP contribution < -0.4 is 14.2 Å². The van der Waals surface area contributed by atoms with Crippen LogP contribution in [0.5, 0.6) is 17.2 Å². The molecule has 0 bridgehead atoms. The average Bonchev–Trinajstić information content (AvgIpc) is 3.37. The minimum atomic E-state index is -0.228. The van der Waals surface area contributed by atoms with Gasteiger partial charge in [-0.25, -0.2) is 0 Å². The summed E-state index contributed by atoms with van der Waals surface area (Å²) in [7, 11) is 1.67. The second-order valence-corrected chi connectivity index (χ2v) is 9.37. The summed E-state index contributed by atoms with van der Waals surface area (Å²) in [4.78, 5) is 15.7. The van der Waals surface area contributed by atoms with Crippen molar-refractivity contribution < 1.29 is 19.0 Å². The molecule has 3 aliphatic rings. The number of piperidine rings is 1. The van der Waals surface area contributed by atoms with Crippen molar-refractivity contribution in [3.63, 3.8) is 0 Å². The van der Waals surface area contributed by atoms with Gasteiger partial charge in [0, 0.05) is 30.5 Å². The number of likely N-dealkylation sites (tertiary alicyclic amines) is 1. The van der Waals surface area contributed by atoms with Crippen molar-refractivity contribution in [2.24, 2.45) is 0 Å². The second-order valence-electron chi connectivity index (χ2n) is 9.37. The van der Waals surface area contributed by atoms with Gasteiger partial charge in [-0.2, -0.15) is 0 Å². The molecule has 1 amide bonds. The first kappa shape index (κ1) is 21.1. The molecule has 3 aromatic rings. The van der Waals surface area contributed by atoms with E-state index in [1.807, 2.05) is 36.1 Å². The largest absolute Gasteiger partial charge is 0.497 e. The number of carbonyl (C=O) groups is 1. The smallest absolute Gasteiger partial charge is 0.254 e. The SMILES string of the molecule is COc1ccc2c(C)c(C(=O)N3CCCCC3)c3c(c2c1)OC(c1ccc2c(c1)CCO2)C=C3. The molecular weight excluding hydrogens is 426 g/mol. The van der Waals surface area contributed by atoms with Crippen LogP contribution in [0, 0.1) is 6.92 Å². The zero-order valence-corrected chi connectivity index (χ0v) is 19.7. The number of nitrogens with zero attached hydrogens (tertiary/aromatic N) is 1. The molecule has 34 heavy (non-hydrogen) atoms. The summed E-state index contributed by atoms with van der Waals surface area (Å²) in [6.07, 6.45) is 8.16. The number of fused-ring (bicyclic) bond motifs is 4. The summed E-state index contributed by atoms with van der Waals surface area (Å²) < 4.78 is 17.9. The molecule has 3 aliphatic heterocycles. The highest BCUT2D eigenvalue weighted by Crippen LogP contribution is 2.44. The fourth-order valence-electron chi connectivity index (χ4n) is 5.49. The molecule has 5 nitrogen and oxygen atoms in total. The van der Waals surface area contributed by atoms with Crippen molar-refractivity contribution >= 4 is 22.8 Å². The average molecular weight is 456 g/mol. The van der Waals surface area contributed by atoms with E-state index in [9.17, 15) is 4.79 Å². The van der Waals surface area contributed by atoms with E-state index in [-0.39, 0.29) is 12.0 Å². The van der Waals surface area contributed by atoms with Gasteiger partial charge in [0.1, 0.15) is 23.4 Å². The van der Waals surface area contributed by atoms with Crippen LogP contribution in [0.15, 0.2) is 42.5 Å². The molecular formula is C29H29NO4. The molecule has 3 aromatic carbocycles. The van der Waals surface area contributed by atoms with Crippen molar-refractivity contribution in [2.75, 3.05) is 26.8 Å². The first-order valence-electron chi connectivity index (χ1n) is 12.2. The van der Waals surface area contributed by atoms with Gasteiger partial charge in [-0.15, -0.1) is 0 Å². The van der Waals surface area contributed by atoms with E-state index in [4.69, 9.17) is 14.2 Å². The molecule has 1 atom stereocenters. The number of benzene rings is 3. The summed E-state index contributed by atoms with van der Waals surface area (Å²) in [5.41, 5.74) is 4.93. The Morgan fingerprint density at radius 1 is 1.06 bits per heavy atom. The van der Waals surface area contributed by atoms with E-state index >= 15 is 0 Å². The zero-order chi connectivity index (χ0) is 23.2. The highest BCUT2D eigenvalue weighted by atomic mass is 16.5. The Balaban J connectivity index is 1.49. The van der Waals surface area contributed by atoms with Crippen molar-refractivity contribution in [2.45, 2.75) is 38.7 Å². The standard InChI is InChI=1S/C29H29NO4/c1-18-22-8-7-21(32-2)17-24(22)28-23(27(18)29(31)30-13-4-3-5-14-30)9-11-26(34-28)19-6-10-25-20(16-19)12-15-33-25/h6-11,16-17,26H,3-5,12-15H2,1-2H3. The zero-order valence-electron chi connectivity index (χ0n) is 19.7. The molecule has 1 unspecified atom stereocenters. The van der Waals surface area contributed by atoms with Crippen molar-refractivity contribution in [3.05, 3.63) is 70.3 Å². The number of amides is 1. The highest BCUT2D eigenvalue weighted by molar-refractivity contribution is 6.08. The van der Waals surface area contributed by atoms with Crippen LogP contribution in [0.2, 0.25) is 0 Å². The Morgan fingerprint density at radius 3 is 2.74 bits per heavy atom. The molecule has 0 radical (unpaired) electrons. The van der Waals surface area contributed by atoms with Crippen LogP contribution in [0.1, 0.15) is 58.0 Å². The lowest BCUT2D eigenvalue weighted by Gasteiger charge is -2.31. The molecule has 0 aromatic heterocycles. The molecule has 174 valence electrons. The van der Waals surface area contributed by atoms with Gasteiger partial charge in [-0.05, 0) is 78.6 Å². The van der Waals surface area contributed by atoms with Gasteiger partial charge in [-0.3, -0.25) is 4.79 Å². The number of hydrogen-bond donors (Lipinski definition) is 0. The monoisotopic (exact) mass is 455 g/mol. The van der Waals surface area contributed by atoms with Gasteiger partial charge < -0.3 is 19.1 Å². The first-order chi connectivity index (χ1) is 16.6. The Labute approximate surface area is 199 Å². The molecule has 0 N–H and O–H groups in total. The quantitative estimate of drug-likeness (QED) is 0.496. The van der Waals surface area contributed by atoms with Crippen LogP contribution >= 0.6 is 0 Å². The van der Waals surface area contributed by atoms with Gasteiger partial charge in [-0.1, -0.05) is 18.2 Å². The minimum Gasteiger partial charge on any atom is -0.497 e. The Bertz CT molecular complexity index is 1320.